The van der Waals surface area contributed by atoms with Crippen LogP contribution < -0.4 is 15.4 Å². The van der Waals surface area contributed by atoms with E-state index in [9.17, 15) is 9.59 Å². The summed E-state index contributed by atoms with van der Waals surface area (Å²) in [6.07, 6.45) is 4.26. The molecule has 0 atom stereocenters. The molecule has 7 heteroatoms. The lowest BCUT2D eigenvalue weighted by Crippen LogP contribution is -2.31. The number of aromatic nitrogens is 2. The summed E-state index contributed by atoms with van der Waals surface area (Å²) in [7, 11) is 0. The fourth-order valence-corrected chi connectivity index (χ4v) is 3.58. The van der Waals surface area contributed by atoms with E-state index in [4.69, 9.17) is 4.74 Å². The number of benzene rings is 2. The Bertz CT molecular complexity index is 1310. The summed E-state index contributed by atoms with van der Waals surface area (Å²) in [6, 6.07) is 18.4. The van der Waals surface area contributed by atoms with Crippen molar-refractivity contribution in [3.8, 4) is 5.75 Å². The monoisotopic (exact) mass is 456 g/mol. The number of hydrogen-bond acceptors (Lipinski definition) is 4. The largest absolute Gasteiger partial charge is 0.487 e. The van der Waals surface area contributed by atoms with E-state index in [0.29, 0.717) is 30.0 Å². The van der Waals surface area contributed by atoms with Gasteiger partial charge in [0, 0.05) is 29.7 Å². The number of carbonyl (C=O) groups excluding carboxylic acids is 2. The SMILES string of the molecule is Cc1ccc2nc(COc3cccc(C(=O)Nc4ccc(CC(=O)NC(C)C)cc4)c3)cn2c1. The number of amides is 2. The van der Waals surface area contributed by atoms with E-state index >= 15 is 0 Å². The van der Waals surface area contributed by atoms with Crippen LogP contribution in [0.1, 0.15) is 41.0 Å². The van der Waals surface area contributed by atoms with Gasteiger partial charge < -0.3 is 19.8 Å². The number of rotatable bonds is 8. The average molecular weight is 457 g/mol. The van der Waals surface area contributed by atoms with Crippen LogP contribution in [-0.4, -0.2) is 27.2 Å². The summed E-state index contributed by atoms with van der Waals surface area (Å²) in [5, 5.41) is 5.75. The van der Waals surface area contributed by atoms with Gasteiger partial charge in [0.15, 0.2) is 0 Å². The quantitative estimate of drug-likeness (QED) is 0.408. The lowest BCUT2D eigenvalue weighted by atomic mass is 10.1. The van der Waals surface area contributed by atoms with Crippen LogP contribution in [-0.2, 0) is 17.8 Å². The standard InChI is InChI=1S/C27H28N4O3/c1-18(2)28-26(32)13-20-8-10-22(11-9-20)30-27(33)21-5-4-6-24(14-21)34-17-23-16-31-15-19(3)7-12-25(31)29-23/h4-12,14-16,18H,13,17H2,1-3H3,(H,28,32)(H,30,33). The van der Waals surface area contributed by atoms with Crippen molar-refractivity contribution >= 4 is 23.1 Å². The van der Waals surface area contributed by atoms with E-state index < -0.39 is 0 Å². The number of carbonyl (C=O) groups is 2. The molecule has 0 aliphatic rings. The van der Waals surface area contributed by atoms with Gasteiger partial charge in [-0.05, 0) is 68.3 Å². The molecule has 0 unspecified atom stereocenters. The molecule has 0 aliphatic carbocycles. The van der Waals surface area contributed by atoms with Crippen LogP contribution in [0.2, 0.25) is 0 Å². The molecule has 0 spiro atoms. The topological polar surface area (TPSA) is 84.7 Å². The Morgan fingerprint density at radius 2 is 1.82 bits per heavy atom. The third-order valence-corrected chi connectivity index (χ3v) is 5.16. The van der Waals surface area contributed by atoms with E-state index in [2.05, 4.69) is 15.6 Å². The van der Waals surface area contributed by atoms with E-state index in [1.807, 2.05) is 67.9 Å². The maximum Gasteiger partial charge on any atom is 0.255 e. The van der Waals surface area contributed by atoms with Crippen LogP contribution >= 0.6 is 0 Å². The van der Waals surface area contributed by atoms with Crippen LogP contribution in [0.3, 0.4) is 0 Å². The van der Waals surface area contributed by atoms with Gasteiger partial charge >= 0.3 is 0 Å². The van der Waals surface area contributed by atoms with E-state index in [1.54, 1.807) is 30.3 Å². The lowest BCUT2D eigenvalue weighted by Gasteiger charge is -2.10. The van der Waals surface area contributed by atoms with Crippen molar-refractivity contribution in [2.45, 2.75) is 39.8 Å². The molecule has 2 aromatic heterocycles. The van der Waals surface area contributed by atoms with Crippen LogP contribution in [0.25, 0.3) is 5.65 Å². The predicted molar refractivity (Wildman–Crippen MR) is 132 cm³/mol. The number of imidazole rings is 1. The van der Waals surface area contributed by atoms with Crippen molar-refractivity contribution in [1.29, 1.82) is 0 Å². The zero-order chi connectivity index (χ0) is 24.1. The first-order valence-electron chi connectivity index (χ1n) is 11.2. The number of ether oxygens (including phenoxy) is 1. The average Bonchev–Trinajstić information content (AvgIpc) is 3.20. The normalized spacial score (nSPS) is 10.9. The zero-order valence-electron chi connectivity index (χ0n) is 19.5. The van der Waals surface area contributed by atoms with Crippen molar-refractivity contribution in [2.75, 3.05) is 5.32 Å². The molecule has 0 saturated heterocycles. The van der Waals surface area contributed by atoms with E-state index in [1.165, 1.54) is 0 Å². The molecule has 4 rings (SSSR count). The first kappa shape index (κ1) is 23.0. The van der Waals surface area contributed by atoms with Crippen LogP contribution in [0, 0.1) is 6.92 Å². The molecule has 174 valence electrons. The second kappa shape index (κ2) is 10.2. The number of pyridine rings is 1. The van der Waals surface area contributed by atoms with Crippen LogP contribution in [0.5, 0.6) is 5.75 Å². The number of aryl methyl sites for hydroxylation is 1. The van der Waals surface area contributed by atoms with Gasteiger partial charge in [-0.2, -0.15) is 0 Å². The van der Waals surface area contributed by atoms with Crippen molar-refractivity contribution < 1.29 is 14.3 Å². The summed E-state index contributed by atoms with van der Waals surface area (Å²) < 4.78 is 7.85. The first-order chi connectivity index (χ1) is 16.4. The molecule has 0 radical (unpaired) electrons. The third kappa shape index (κ3) is 6.01. The number of anilines is 1. The van der Waals surface area contributed by atoms with Gasteiger partial charge in [-0.25, -0.2) is 4.98 Å². The summed E-state index contributed by atoms with van der Waals surface area (Å²) in [6.45, 7) is 6.19. The Kier molecular flexibility index (Phi) is 6.92. The molecule has 0 fully saturated rings. The molecule has 0 bridgehead atoms. The van der Waals surface area contributed by atoms with Crippen LogP contribution in [0.4, 0.5) is 5.69 Å². The Balaban J connectivity index is 1.35. The lowest BCUT2D eigenvalue weighted by molar-refractivity contribution is -0.120. The Labute approximate surface area is 198 Å². The fourth-order valence-electron chi connectivity index (χ4n) is 3.58. The summed E-state index contributed by atoms with van der Waals surface area (Å²) in [5.74, 6) is 0.328. The second-order valence-electron chi connectivity index (χ2n) is 8.57. The van der Waals surface area contributed by atoms with Gasteiger partial charge in [-0.3, -0.25) is 9.59 Å². The van der Waals surface area contributed by atoms with Gasteiger partial charge in [-0.1, -0.05) is 24.3 Å². The highest BCUT2D eigenvalue weighted by Gasteiger charge is 2.10. The van der Waals surface area contributed by atoms with Crippen molar-refractivity contribution in [1.82, 2.24) is 14.7 Å². The maximum absolute atomic E-state index is 12.7. The number of fused-ring (bicyclic) bond motifs is 1. The highest BCUT2D eigenvalue weighted by atomic mass is 16.5. The fraction of sp³-hybridized carbons (Fsp3) is 0.222. The Morgan fingerprint density at radius 3 is 2.59 bits per heavy atom. The molecule has 7 nitrogen and oxygen atoms in total. The molecule has 2 heterocycles. The van der Waals surface area contributed by atoms with Gasteiger partial charge in [0.1, 0.15) is 18.0 Å². The van der Waals surface area contributed by atoms with Crippen molar-refractivity contribution in [3.05, 3.63) is 95.4 Å². The highest BCUT2D eigenvalue weighted by molar-refractivity contribution is 6.04. The van der Waals surface area contributed by atoms with Crippen LogP contribution in [0.15, 0.2) is 73.1 Å². The number of hydrogen-bond donors (Lipinski definition) is 2. The molecular formula is C27H28N4O3. The molecule has 2 N–H and O–H groups in total. The molecule has 34 heavy (non-hydrogen) atoms. The molecule has 0 saturated carbocycles. The van der Waals surface area contributed by atoms with Gasteiger partial charge in [-0.15, -0.1) is 0 Å². The molecule has 4 aromatic rings. The smallest absolute Gasteiger partial charge is 0.255 e. The van der Waals surface area contributed by atoms with Crippen molar-refractivity contribution in [2.24, 2.45) is 0 Å². The van der Waals surface area contributed by atoms with Crippen molar-refractivity contribution in [3.63, 3.8) is 0 Å². The first-order valence-corrected chi connectivity index (χ1v) is 11.2. The molecular weight excluding hydrogens is 428 g/mol. The minimum absolute atomic E-state index is 0.0256. The third-order valence-electron chi connectivity index (χ3n) is 5.16. The van der Waals surface area contributed by atoms with E-state index in [-0.39, 0.29) is 17.9 Å². The summed E-state index contributed by atoms with van der Waals surface area (Å²) in [5.41, 5.74) is 4.86. The summed E-state index contributed by atoms with van der Waals surface area (Å²) in [4.78, 5) is 29.2. The molecule has 2 aromatic carbocycles. The molecule has 2 amide bonds. The Morgan fingerprint density at radius 1 is 1.03 bits per heavy atom. The second-order valence-corrected chi connectivity index (χ2v) is 8.57. The number of nitrogens with zero attached hydrogens (tertiary/aromatic N) is 2. The Hall–Kier alpha value is -4.13. The minimum Gasteiger partial charge on any atom is -0.487 e. The maximum atomic E-state index is 12.7. The van der Waals surface area contributed by atoms with E-state index in [0.717, 1.165) is 22.5 Å². The highest BCUT2D eigenvalue weighted by Crippen LogP contribution is 2.18. The molecule has 0 aliphatic heterocycles. The predicted octanol–water partition coefficient (Wildman–Crippen LogP) is 4.54. The number of nitrogens with one attached hydrogen (secondary N) is 2. The van der Waals surface area contributed by atoms with Gasteiger partial charge in [0.25, 0.3) is 5.91 Å². The zero-order valence-corrected chi connectivity index (χ0v) is 19.5. The summed E-state index contributed by atoms with van der Waals surface area (Å²) >= 11 is 0. The van der Waals surface area contributed by atoms with Gasteiger partial charge in [0.05, 0.1) is 12.1 Å². The van der Waals surface area contributed by atoms with Gasteiger partial charge in [0.2, 0.25) is 5.91 Å². The minimum atomic E-state index is -0.237.